The monoisotopic (exact) mass is 449 g/mol. The van der Waals surface area contributed by atoms with Crippen molar-refractivity contribution in [3.63, 3.8) is 0 Å². The second-order valence-corrected chi connectivity index (χ2v) is 8.12. The molecule has 0 aliphatic rings. The number of hydrogen-bond acceptors (Lipinski definition) is 7. The van der Waals surface area contributed by atoms with Gasteiger partial charge in [0.2, 0.25) is 16.4 Å². The summed E-state index contributed by atoms with van der Waals surface area (Å²) in [6.07, 6.45) is 2.04. The van der Waals surface area contributed by atoms with Crippen molar-refractivity contribution in [2.24, 2.45) is 5.10 Å². The SMILES string of the molecule is CN(C)C=O.Cc1ccc(S(=O)(=O)NCC(=O)N/N=C/c2ccc([N+](=O)[O-])cc2)cc1. The molecule has 0 unspecified atom stereocenters. The van der Waals surface area contributed by atoms with Crippen LogP contribution in [0.2, 0.25) is 0 Å². The Labute approximate surface area is 180 Å². The van der Waals surface area contributed by atoms with E-state index in [2.05, 4.69) is 15.2 Å². The van der Waals surface area contributed by atoms with Crippen molar-refractivity contribution in [2.75, 3.05) is 20.6 Å². The number of nitro groups is 1. The Kier molecular flexibility index (Phi) is 9.95. The number of amides is 2. The summed E-state index contributed by atoms with van der Waals surface area (Å²) in [4.78, 5) is 32.6. The lowest BCUT2D eigenvalue weighted by Crippen LogP contribution is -2.34. The molecule has 2 amide bonds. The molecule has 12 heteroatoms. The van der Waals surface area contributed by atoms with Gasteiger partial charge in [-0.3, -0.25) is 19.7 Å². The number of nitro benzene ring substituents is 1. The van der Waals surface area contributed by atoms with Gasteiger partial charge in [0, 0.05) is 26.2 Å². The number of rotatable bonds is 8. The van der Waals surface area contributed by atoms with Gasteiger partial charge in [-0.1, -0.05) is 17.7 Å². The number of hydrazone groups is 1. The minimum absolute atomic E-state index is 0.0586. The molecule has 2 aromatic rings. The van der Waals surface area contributed by atoms with E-state index in [1.807, 2.05) is 6.92 Å². The van der Waals surface area contributed by atoms with Crippen LogP contribution in [-0.2, 0) is 19.6 Å². The van der Waals surface area contributed by atoms with Gasteiger partial charge in [-0.05, 0) is 36.8 Å². The van der Waals surface area contributed by atoms with E-state index in [0.717, 1.165) is 12.0 Å². The van der Waals surface area contributed by atoms with Gasteiger partial charge in [-0.15, -0.1) is 0 Å². The fourth-order valence-electron chi connectivity index (χ4n) is 1.86. The second-order valence-electron chi connectivity index (χ2n) is 6.35. The molecule has 2 N–H and O–H groups in total. The van der Waals surface area contributed by atoms with Crippen molar-refractivity contribution >= 4 is 34.2 Å². The number of non-ortho nitro benzene ring substituents is 1. The Bertz CT molecular complexity index is 1020. The van der Waals surface area contributed by atoms with Crippen molar-refractivity contribution in [1.29, 1.82) is 0 Å². The van der Waals surface area contributed by atoms with Crippen molar-refractivity contribution in [1.82, 2.24) is 15.0 Å². The highest BCUT2D eigenvalue weighted by atomic mass is 32.2. The molecule has 0 bridgehead atoms. The molecule has 0 saturated heterocycles. The van der Waals surface area contributed by atoms with Crippen molar-refractivity contribution in [3.8, 4) is 0 Å². The van der Waals surface area contributed by atoms with Crippen LogP contribution in [0.15, 0.2) is 58.5 Å². The van der Waals surface area contributed by atoms with Crippen LogP contribution in [0.5, 0.6) is 0 Å². The molecule has 2 aromatic carbocycles. The third-order valence-electron chi connectivity index (χ3n) is 3.47. The average Bonchev–Trinajstić information content (AvgIpc) is 2.73. The minimum Gasteiger partial charge on any atom is -0.351 e. The van der Waals surface area contributed by atoms with Gasteiger partial charge >= 0.3 is 0 Å². The Morgan fingerprint density at radius 3 is 2.16 bits per heavy atom. The van der Waals surface area contributed by atoms with E-state index in [4.69, 9.17) is 0 Å². The summed E-state index contributed by atoms with van der Waals surface area (Å²) in [5.41, 5.74) is 3.57. The van der Waals surface area contributed by atoms with Crippen molar-refractivity contribution < 1.29 is 22.9 Å². The zero-order valence-corrected chi connectivity index (χ0v) is 18.0. The van der Waals surface area contributed by atoms with E-state index in [1.54, 1.807) is 26.2 Å². The molecule has 0 heterocycles. The number of carbonyl (C=O) groups is 2. The van der Waals surface area contributed by atoms with Crippen LogP contribution in [-0.4, -0.2) is 57.4 Å². The van der Waals surface area contributed by atoms with Crippen LogP contribution in [0.3, 0.4) is 0 Å². The van der Waals surface area contributed by atoms with Crippen LogP contribution in [0, 0.1) is 17.0 Å². The molecule has 0 aliphatic carbocycles. The zero-order valence-electron chi connectivity index (χ0n) is 17.2. The molecule has 0 atom stereocenters. The molecule has 0 spiro atoms. The van der Waals surface area contributed by atoms with E-state index in [1.165, 1.54) is 47.5 Å². The number of benzene rings is 2. The summed E-state index contributed by atoms with van der Waals surface area (Å²) in [5, 5.41) is 14.2. The molecule has 0 aliphatic heterocycles. The Hall–Kier alpha value is -3.64. The summed E-state index contributed by atoms with van der Waals surface area (Å²) >= 11 is 0. The summed E-state index contributed by atoms with van der Waals surface area (Å²) in [5.74, 6) is -0.654. The van der Waals surface area contributed by atoms with Crippen LogP contribution >= 0.6 is 0 Å². The normalized spacial score (nSPS) is 10.7. The summed E-state index contributed by atoms with van der Waals surface area (Å²) in [7, 11) is -0.414. The first-order valence-electron chi connectivity index (χ1n) is 8.79. The molecular formula is C19H23N5O6S. The van der Waals surface area contributed by atoms with Gasteiger partial charge in [0.25, 0.3) is 11.6 Å². The van der Waals surface area contributed by atoms with Crippen molar-refractivity contribution in [3.05, 3.63) is 69.8 Å². The highest BCUT2D eigenvalue weighted by molar-refractivity contribution is 7.89. The Morgan fingerprint density at radius 2 is 1.68 bits per heavy atom. The maximum Gasteiger partial charge on any atom is 0.269 e. The molecule has 166 valence electrons. The first-order chi connectivity index (χ1) is 14.5. The minimum atomic E-state index is -3.79. The molecule has 0 fully saturated rings. The lowest BCUT2D eigenvalue weighted by atomic mass is 10.2. The van der Waals surface area contributed by atoms with Gasteiger partial charge < -0.3 is 4.90 Å². The smallest absolute Gasteiger partial charge is 0.269 e. The largest absolute Gasteiger partial charge is 0.351 e. The molecule has 31 heavy (non-hydrogen) atoms. The van der Waals surface area contributed by atoms with E-state index >= 15 is 0 Å². The maximum atomic E-state index is 12.0. The van der Waals surface area contributed by atoms with Crippen LogP contribution < -0.4 is 10.1 Å². The molecular weight excluding hydrogens is 426 g/mol. The van der Waals surface area contributed by atoms with Gasteiger partial charge in [0.05, 0.1) is 22.6 Å². The fraction of sp³-hybridized carbons (Fsp3) is 0.211. The Morgan fingerprint density at radius 1 is 1.13 bits per heavy atom. The molecule has 2 rings (SSSR count). The standard InChI is InChI=1S/C16H16N4O5S.C3H7NO/c1-12-2-8-15(9-3-12)26(24,25)18-11-16(21)19-17-10-13-4-6-14(7-5-13)20(22)23;1-4(2)3-5/h2-10,18H,11H2,1H3,(H,19,21);3H,1-2H3/b17-10+;. The van der Waals surface area contributed by atoms with Gasteiger partial charge in [0.1, 0.15) is 0 Å². The number of aryl methyl sites for hydroxylation is 1. The molecule has 0 radical (unpaired) electrons. The number of sulfonamides is 1. The van der Waals surface area contributed by atoms with E-state index in [0.29, 0.717) is 5.56 Å². The van der Waals surface area contributed by atoms with Crippen LogP contribution in [0.1, 0.15) is 11.1 Å². The highest BCUT2D eigenvalue weighted by Crippen LogP contribution is 2.11. The molecule has 0 saturated carbocycles. The molecule has 11 nitrogen and oxygen atoms in total. The summed E-state index contributed by atoms with van der Waals surface area (Å²) in [6.45, 7) is 1.36. The number of hydrogen-bond donors (Lipinski definition) is 2. The van der Waals surface area contributed by atoms with Gasteiger partial charge in [-0.25, -0.2) is 18.6 Å². The van der Waals surface area contributed by atoms with E-state index < -0.39 is 27.4 Å². The van der Waals surface area contributed by atoms with Crippen molar-refractivity contribution in [2.45, 2.75) is 11.8 Å². The lowest BCUT2D eigenvalue weighted by Gasteiger charge is -2.06. The number of nitrogens with one attached hydrogen (secondary N) is 2. The fourth-order valence-corrected chi connectivity index (χ4v) is 2.84. The first kappa shape index (κ1) is 25.4. The first-order valence-corrected chi connectivity index (χ1v) is 10.3. The van der Waals surface area contributed by atoms with Crippen LogP contribution in [0.4, 0.5) is 5.69 Å². The lowest BCUT2D eigenvalue weighted by molar-refractivity contribution is -0.384. The summed E-state index contributed by atoms with van der Waals surface area (Å²) < 4.78 is 26.3. The average molecular weight is 449 g/mol. The molecule has 0 aromatic heterocycles. The quantitative estimate of drug-likeness (QED) is 0.266. The third kappa shape index (κ3) is 9.60. The number of nitrogens with zero attached hydrogens (tertiary/aromatic N) is 3. The third-order valence-corrected chi connectivity index (χ3v) is 4.89. The maximum absolute atomic E-state index is 12.0. The Balaban J connectivity index is 0.000000861. The summed E-state index contributed by atoms with van der Waals surface area (Å²) in [6, 6.07) is 11.7. The van der Waals surface area contributed by atoms with Gasteiger partial charge in [0.15, 0.2) is 0 Å². The topological polar surface area (TPSA) is 151 Å². The predicted molar refractivity (Wildman–Crippen MR) is 115 cm³/mol. The predicted octanol–water partition coefficient (Wildman–Crippen LogP) is 1.04. The van der Waals surface area contributed by atoms with Gasteiger partial charge in [-0.2, -0.15) is 5.10 Å². The van der Waals surface area contributed by atoms with Crippen LogP contribution in [0.25, 0.3) is 0 Å². The zero-order chi connectivity index (χ0) is 23.4. The highest BCUT2D eigenvalue weighted by Gasteiger charge is 2.14. The number of carbonyl (C=O) groups excluding carboxylic acids is 2. The van der Waals surface area contributed by atoms with E-state index in [-0.39, 0.29) is 10.6 Å². The second kappa shape index (κ2) is 12.1. The van der Waals surface area contributed by atoms with E-state index in [9.17, 15) is 28.1 Å².